The SMILES string of the molecule is O=C(CCN1C(=O)/C(=C/c2cc(-c3cc(C(F)(F)F)ccc3F)ccc2OCCN2CCOCC2)SC1=S)NC1CCC(C(=O)O)CC1. The minimum atomic E-state index is -4.67. The summed E-state index contributed by atoms with van der Waals surface area (Å²) in [6, 6.07) is 6.55. The quantitative estimate of drug-likeness (QED) is 0.176. The maximum absolute atomic E-state index is 14.8. The Labute approximate surface area is 284 Å². The first-order chi connectivity index (χ1) is 22.9. The summed E-state index contributed by atoms with van der Waals surface area (Å²) in [5.74, 6) is -2.45. The van der Waals surface area contributed by atoms with Crippen molar-refractivity contribution >= 4 is 52.2 Å². The van der Waals surface area contributed by atoms with Crippen molar-refractivity contribution in [2.45, 2.75) is 44.3 Å². The maximum Gasteiger partial charge on any atom is 0.416 e. The summed E-state index contributed by atoms with van der Waals surface area (Å²) in [6.07, 6.45) is -1.07. The molecule has 2 aliphatic heterocycles. The molecule has 2 N–H and O–H groups in total. The highest BCUT2D eigenvalue weighted by molar-refractivity contribution is 8.26. The third-order valence-corrected chi connectivity index (χ3v) is 9.93. The summed E-state index contributed by atoms with van der Waals surface area (Å²) >= 11 is 6.46. The topological polar surface area (TPSA) is 108 Å². The fraction of sp³-hybridized carbons (Fsp3) is 0.455. The molecule has 2 saturated heterocycles. The first-order valence-corrected chi connectivity index (χ1v) is 16.8. The van der Waals surface area contributed by atoms with Crippen LogP contribution in [0.15, 0.2) is 41.3 Å². The highest BCUT2D eigenvalue weighted by atomic mass is 32.2. The van der Waals surface area contributed by atoms with E-state index in [1.165, 1.54) is 29.2 Å². The molecule has 0 bridgehead atoms. The lowest BCUT2D eigenvalue weighted by Gasteiger charge is -2.27. The summed E-state index contributed by atoms with van der Waals surface area (Å²) in [6.45, 7) is 3.62. The Morgan fingerprint density at radius 3 is 2.50 bits per heavy atom. The van der Waals surface area contributed by atoms with Crippen LogP contribution in [0.1, 0.15) is 43.2 Å². The molecule has 5 rings (SSSR count). The Morgan fingerprint density at radius 1 is 1.08 bits per heavy atom. The number of carboxylic acids is 1. The molecule has 1 aliphatic carbocycles. The molecule has 3 fully saturated rings. The van der Waals surface area contributed by atoms with Crippen LogP contribution in [-0.4, -0.2) is 89.1 Å². The van der Waals surface area contributed by atoms with Crippen LogP contribution >= 0.6 is 24.0 Å². The van der Waals surface area contributed by atoms with Gasteiger partial charge in [0.2, 0.25) is 5.91 Å². The van der Waals surface area contributed by atoms with Crippen molar-refractivity contribution < 1.29 is 46.5 Å². The Balaban J connectivity index is 1.31. The first-order valence-electron chi connectivity index (χ1n) is 15.6. The number of carbonyl (C=O) groups excluding carboxylic acids is 2. The Bertz CT molecular complexity index is 1570. The second-order valence-electron chi connectivity index (χ2n) is 11.8. The third kappa shape index (κ3) is 9.12. The number of carbonyl (C=O) groups is 3. The molecule has 2 aromatic carbocycles. The van der Waals surface area contributed by atoms with Gasteiger partial charge in [0, 0.05) is 49.8 Å². The van der Waals surface area contributed by atoms with Crippen LogP contribution in [0.25, 0.3) is 17.2 Å². The molecule has 0 aromatic heterocycles. The summed E-state index contributed by atoms with van der Waals surface area (Å²) in [5, 5.41) is 12.1. The van der Waals surface area contributed by atoms with Gasteiger partial charge < -0.3 is 19.9 Å². The van der Waals surface area contributed by atoms with E-state index in [1.807, 2.05) is 0 Å². The molecule has 2 heterocycles. The molecule has 2 aromatic rings. The van der Waals surface area contributed by atoms with Gasteiger partial charge in [0.05, 0.1) is 29.6 Å². The minimum Gasteiger partial charge on any atom is -0.492 e. The number of thiocarbonyl (C=S) groups is 1. The Kier molecular flexibility index (Phi) is 11.8. The molecule has 2 amide bonds. The number of morpholine rings is 1. The van der Waals surface area contributed by atoms with Gasteiger partial charge in [0.25, 0.3) is 5.91 Å². The normalized spacial score (nSPS) is 21.5. The summed E-state index contributed by atoms with van der Waals surface area (Å²) in [5.41, 5.74) is -0.741. The summed E-state index contributed by atoms with van der Waals surface area (Å²) in [7, 11) is 0. The van der Waals surface area contributed by atoms with E-state index in [1.54, 1.807) is 0 Å². The molecule has 48 heavy (non-hydrogen) atoms. The average molecular weight is 710 g/mol. The predicted octanol–water partition coefficient (Wildman–Crippen LogP) is 5.57. The summed E-state index contributed by atoms with van der Waals surface area (Å²) < 4.78 is 66.8. The van der Waals surface area contributed by atoms with Crippen molar-refractivity contribution in [3.05, 3.63) is 58.2 Å². The van der Waals surface area contributed by atoms with Crippen molar-refractivity contribution in [2.75, 3.05) is 46.0 Å². The number of rotatable bonds is 11. The van der Waals surface area contributed by atoms with Crippen LogP contribution in [0.4, 0.5) is 17.6 Å². The van der Waals surface area contributed by atoms with E-state index in [2.05, 4.69) is 10.2 Å². The van der Waals surface area contributed by atoms with Crippen LogP contribution < -0.4 is 10.1 Å². The van der Waals surface area contributed by atoms with Crippen LogP contribution in [-0.2, 0) is 25.3 Å². The molecule has 9 nitrogen and oxygen atoms in total. The zero-order valence-corrected chi connectivity index (χ0v) is 27.5. The Hall–Kier alpha value is -3.53. The van der Waals surface area contributed by atoms with Crippen molar-refractivity contribution in [2.24, 2.45) is 5.92 Å². The lowest BCUT2D eigenvalue weighted by molar-refractivity contribution is -0.143. The molecule has 15 heteroatoms. The minimum absolute atomic E-state index is 0.0151. The predicted molar refractivity (Wildman–Crippen MR) is 176 cm³/mol. The highest BCUT2D eigenvalue weighted by Gasteiger charge is 2.34. The van der Waals surface area contributed by atoms with E-state index in [0.717, 1.165) is 37.0 Å². The van der Waals surface area contributed by atoms with E-state index in [-0.39, 0.29) is 51.9 Å². The van der Waals surface area contributed by atoms with Crippen LogP contribution in [0.3, 0.4) is 0 Å². The number of hydrogen-bond acceptors (Lipinski definition) is 8. The van der Waals surface area contributed by atoms with Gasteiger partial charge >= 0.3 is 12.1 Å². The molecular formula is C33H35F4N3O6S2. The lowest BCUT2D eigenvalue weighted by atomic mass is 9.86. The van der Waals surface area contributed by atoms with Crippen molar-refractivity contribution in [1.29, 1.82) is 0 Å². The number of nitrogens with zero attached hydrogens (tertiary/aromatic N) is 2. The number of nitrogens with one attached hydrogen (secondary N) is 1. The molecular weight excluding hydrogens is 675 g/mol. The van der Waals surface area contributed by atoms with Gasteiger partial charge in [-0.3, -0.25) is 24.2 Å². The van der Waals surface area contributed by atoms with Gasteiger partial charge in [-0.05, 0) is 67.7 Å². The average Bonchev–Trinajstić information content (AvgIpc) is 3.32. The highest BCUT2D eigenvalue weighted by Crippen LogP contribution is 2.38. The van der Waals surface area contributed by atoms with Crippen molar-refractivity contribution in [3.63, 3.8) is 0 Å². The molecule has 0 spiro atoms. The molecule has 0 atom stereocenters. The number of thioether (sulfide) groups is 1. The van der Waals surface area contributed by atoms with Gasteiger partial charge in [-0.2, -0.15) is 13.2 Å². The molecule has 258 valence electrons. The fourth-order valence-electron chi connectivity index (χ4n) is 5.82. The van der Waals surface area contributed by atoms with E-state index in [0.29, 0.717) is 62.8 Å². The number of alkyl halides is 3. The smallest absolute Gasteiger partial charge is 0.416 e. The van der Waals surface area contributed by atoms with Crippen LogP contribution in [0, 0.1) is 11.7 Å². The van der Waals surface area contributed by atoms with Crippen LogP contribution in [0.5, 0.6) is 5.75 Å². The van der Waals surface area contributed by atoms with Gasteiger partial charge in [0.15, 0.2) is 0 Å². The zero-order chi connectivity index (χ0) is 34.4. The Morgan fingerprint density at radius 2 is 1.81 bits per heavy atom. The number of ether oxygens (including phenoxy) is 2. The summed E-state index contributed by atoms with van der Waals surface area (Å²) in [4.78, 5) is 41.0. The number of carboxylic acid groups (broad SMARTS) is 1. The second-order valence-corrected chi connectivity index (χ2v) is 13.5. The molecule has 1 saturated carbocycles. The van der Waals surface area contributed by atoms with Crippen molar-refractivity contribution in [1.82, 2.24) is 15.1 Å². The van der Waals surface area contributed by atoms with Crippen molar-refractivity contribution in [3.8, 4) is 16.9 Å². The number of aliphatic carboxylic acids is 1. The largest absolute Gasteiger partial charge is 0.492 e. The first kappa shape index (κ1) is 35.8. The molecule has 0 unspecified atom stereocenters. The molecule has 0 radical (unpaired) electrons. The lowest BCUT2D eigenvalue weighted by Crippen LogP contribution is -2.40. The molecule has 3 aliphatic rings. The van der Waals surface area contributed by atoms with Gasteiger partial charge in [0.1, 0.15) is 22.5 Å². The monoisotopic (exact) mass is 709 g/mol. The zero-order valence-electron chi connectivity index (χ0n) is 25.9. The number of amides is 2. The number of hydrogen-bond donors (Lipinski definition) is 2. The van der Waals surface area contributed by atoms with Gasteiger partial charge in [-0.1, -0.05) is 30.0 Å². The second kappa shape index (κ2) is 15.8. The van der Waals surface area contributed by atoms with Gasteiger partial charge in [-0.15, -0.1) is 0 Å². The standard InChI is InChI=1S/C33H35F4N3O6S2/c34-26-7-4-23(33(35,36)37)19-25(26)21-3-8-27(46-16-13-39-11-14-45-15-12-39)22(17-21)18-28-30(42)40(32(47)48-28)10-9-29(41)38-24-5-1-20(2-6-24)31(43)44/h3-4,7-8,17-20,24H,1-2,5-6,9-16H2,(H,38,41)(H,43,44)/b28-18-. The fourth-order valence-corrected chi connectivity index (χ4v) is 7.12. The van der Waals surface area contributed by atoms with E-state index < -0.39 is 35.4 Å². The van der Waals surface area contributed by atoms with Gasteiger partial charge in [-0.25, -0.2) is 4.39 Å². The van der Waals surface area contributed by atoms with E-state index in [9.17, 15) is 37.1 Å². The van der Waals surface area contributed by atoms with E-state index >= 15 is 0 Å². The number of benzene rings is 2. The van der Waals surface area contributed by atoms with E-state index in [4.69, 9.17) is 21.7 Å². The van der Waals surface area contributed by atoms with Crippen LogP contribution in [0.2, 0.25) is 0 Å². The maximum atomic E-state index is 14.8. The third-order valence-electron chi connectivity index (χ3n) is 8.55. The number of halogens is 4.